The lowest BCUT2D eigenvalue weighted by molar-refractivity contribution is -0.274. The fourth-order valence-corrected chi connectivity index (χ4v) is 34.6. The normalized spacial score (nSPS) is 28.4. The summed E-state index contributed by atoms with van der Waals surface area (Å²) < 4.78 is 42.5. The van der Waals surface area contributed by atoms with E-state index >= 15 is 0 Å². The molecule has 15 nitrogen and oxygen atoms in total. The summed E-state index contributed by atoms with van der Waals surface area (Å²) in [5.41, 5.74) is 0.503. The number of benzene rings is 2. The van der Waals surface area contributed by atoms with Gasteiger partial charge in [-0.15, -0.1) is 0 Å². The second kappa shape index (κ2) is 22.9. The first kappa shape index (κ1) is 60.5. The molecule has 2 aliphatic carbocycles. The van der Waals surface area contributed by atoms with Gasteiger partial charge in [0.15, 0.2) is 17.3 Å². The van der Waals surface area contributed by atoms with Gasteiger partial charge in [-0.3, -0.25) is 28.9 Å². The fourth-order valence-electron chi connectivity index (χ4n) is 12.1. The van der Waals surface area contributed by atoms with E-state index in [-0.39, 0.29) is 107 Å². The molecule has 2 spiro atoms. The molecule has 2 aromatic carbocycles. The van der Waals surface area contributed by atoms with Crippen molar-refractivity contribution >= 4 is 57.6 Å². The van der Waals surface area contributed by atoms with Crippen molar-refractivity contribution in [2.45, 2.75) is 224 Å². The quantitative estimate of drug-likeness (QED) is 0.101. The van der Waals surface area contributed by atoms with Crippen molar-refractivity contribution in [3.63, 3.8) is 0 Å². The number of β-lactam (4-membered cyclic amide) rings is 2. The van der Waals surface area contributed by atoms with E-state index in [1.54, 1.807) is 12.2 Å². The molecule has 2 amide bonds. The molecule has 0 radical (unpaired) electrons. The van der Waals surface area contributed by atoms with E-state index in [9.17, 15) is 19.2 Å². The molecular weight excluding hydrogens is 1020 g/mol. The molecule has 0 saturated carbocycles. The van der Waals surface area contributed by atoms with Crippen molar-refractivity contribution in [1.82, 2.24) is 10.1 Å². The maximum Gasteiger partial charge on any atom is 0.335 e. The topological polar surface area (TPSA) is 153 Å². The number of nitrogens with zero attached hydrogens (tertiary/aromatic N) is 3. The molecule has 0 aromatic heterocycles. The van der Waals surface area contributed by atoms with Crippen molar-refractivity contribution in [2.75, 3.05) is 0 Å². The number of hydrogen-bond acceptors (Lipinski definition) is 12. The summed E-state index contributed by atoms with van der Waals surface area (Å²) in [4.78, 5) is 69.0. The average Bonchev–Trinajstić information content (AvgIpc) is 3.64. The van der Waals surface area contributed by atoms with Gasteiger partial charge >= 0.3 is 34.2 Å². The van der Waals surface area contributed by atoms with E-state index < -0.39 is 69.7 Å². The lowest BCUT2D eigenvalue weighted by Gasteiger charge is -2.57. The highest BCUT2D eigenvalue weighted by molar-refractivity contribution is 6.85. The van der Waals surface area contributed by atoms with Gasteiger partial charge in [0.25, 0.3) is 0 Å². The molecule has 6 aliphatic rings. The molecule has 412 valence electrons. The summed E-state index contributed by atoms with van der Waals surface area (Å²) in [7, 11) is -12.0. The summed E-state index contributed by atoms with van der Waals surface area (Å²) in [6.45, 7) is 42.3. The van der Waals surface area contributed by atoms with Crippen LogP contribution in [0.4, 0.5) is 0 Å². The van der Waals surface area contributed by atoms with Crippen molar-refractivity contribution in [3.8, 4) is 0 Å². The van der Waals surface area contributed by atoms with Crippen molar-refractivity contribution in [3.05, 3.63) is 107 Å². The minimum absolute atomic E-state index is 0. The Kier molecular flexibility index (Phi) is 18.5. The summed E-state index contributed by atoms with van der Waals surface area (Å²) in [6, 6.07) is 19.3. The molecule has 8 rings (SSSR count). The third-order valence-electron chi connectivity index (χ3n) is 16.2. The number of ketones is 2. The third-order valence-corrected chi connectivity index (χ3v) is 36.7. The Morgan fingerprint density at radius 2 is 0.920 bits per heavy atom. The molecule has 6 unspecified atom stereocenters. The molecule has 4 saturated heterocycles. The second-order valence-electron chi connectivity index (χ2n) is 23.4. The molecule has 4 heterocycles. The Labute approximate surface area is 451 Å². The van der Waals surface area contributed by atoms with Crippen LogP contribution in [0.2, 0.25) is 44.3 Å². The van der Waals surface area contributed by atoms with Gasteiger partial charge in [-0.1, -0.05) is 179 Å². The predicted octanol–water partition coefficient (Wildman–Crippen LogP) is 12.0. The van der Waals surface area contributed by atoms with Crippen LogP contribution in [-0.2, 0) is 68.0 Å². The summed E-state index contributed by atoms with van der Waals surface area (Å²) in [5, 5.41) is 2.69. The second-order valence-corrected chi connectivity index (χ2v) is 41.0. The fraction of sp³-hybridized carbons (Fsp3) is 0.625. The standard InChI is InChI=1S/C28H40N2O6Si2.C27H41NO6Si2.CH4/c1-18(2)37(19(3)4)34-26-23(31)15-24(29-9)28(27(26)35-38(36-37,20(5)6)21(7)8)16-25(32)30(28)33-17-22-13-11-10-12-14-22;1-18(2)35(19(3)4)32-25-23(29)14-15-27(26(25)33-36(34-35,20(5)6)21(7)8)16-24(30)28(27)31-17-22-12-10-9-11-13-22;/h10-15,18-21,26-27H,16-17H2,1-8H3;9-15,18-21,25-26H,16-17H2,1-8H3;1H4. The Hall–Kier alpha value is -3.76. The van der Waals surface area contributed by atoms with Crippen LogP contribution in [0.25, 0.3) is 4.85 Å². The van der Waals surface area contributed by atoms with Crippen LogP contribution in [0, 0.1) is 6.57 Å². The molecule has 0 bridgehead atoms. The Balaban J connectivity index is 0.000000241. The van der Waals surface area contributed by atoms with Crippen molar-refractivity contribution < 1.29 is 54.8 Å². The molecule has 4 fully saturated rings. The van der Waals surface area contributed by atoms with Crippen molar-refractivity contribution in [1.29, 1.82) is 0 Å². The van der Waals surface area contributed by atoms with Gasteiger partial charge in [0, 0.05) is 0 Å². The lowest BCUT2D eigenvalue weighted by atomic mass is 9.72. The predicted molar refractivity (Wildman–Crippen MR) is 297 cm³/mol. The Morgan fingerprint density at radius 1 is 0.547 bits per heavy atom. The third kappa shape index (κ3) is 10.3. The first-order valence-electron chi connectivity index (χ1n) is 26.7. The Bertz CT molecular complexity index is 2470. The maximum absolute atomic E-state index is 13.6. The Morgan fingerprint density at radius 3 is 1.31 bits per heavy atom. The highest BCUT2D eigenvalue weighted by atomic mass is 28.5. The van der Waals surface area contributed by atoms with Gasteiger partial charge in [-0.2, -0.15) is 0 Å². The average molecular weight is 1100 g/mol. The van der Waals surface area contributed by atoms with Crippen LogP contribution in [0.15, 0.2) is 84.6 Å². The largest absolute Gasteiger partial charge is 0.414 e. The maximum atomic E-state index is 13.6. The van der Waals surface area contributed by atoms with Crippen LogP contribution in [0.1, 0.15) is 142 Å². The van der Waals surface area contributed by atoms with Gasteiger partial charge in [0.05, 0.1) is 19.4 Å². The van der Waals surface area contributed by atoms with Crippen LogP contribution in [0.3, 0.4) is 0 Å². The van der Waals surface area contributed by atoms with E-state index in [0.29, 0.717) is 0 Å². The summed E-state index contributed by atoms with van der Waals surface area (Å²) in [6.07, 6.45) is 1.48. The number of hydroxylamine groups is 4. The number of rotatable bonds is 14. The number of amides is 2. The van der Waals surface area contributed by atoms with E-state index in [1.165, 1.54) is 16.2 Å². The minimum atomic E-state index is -3.08. The van der Waals surface area contributed by atoms with E-state index in [4.69, 9.17) is 42.2 Å². The smallest absolute Gasteiger partial charge is 0.335 e. The molecule has 75 heavy (non-hydrogen) atoms. The van der Waals surface area contributed by atoms with Crippen LogP contribution in [-0.4, -0.2) is 103 Å². The van der Waals surface area contributed by atoms with E-state index in [1.807, 2.05) is 60.7 Å². The zero-order valence-corrected chi connectivity index (χ0v) is 50.5. The number of carbonyl (C=O) groups excluding carboxylic acids is 4. The summed E-state index contributed by atoms with van der Waals surface area (Å²) in [5.74, 6) is -0.829. The van der Waals surface area contributed by atoms with Crippen LogP contribution < -0.4 is 0 Å². The van der Waals surface area contributed by atoms with Crippen LogP contribution >= 0.6 is 0 Å². The monoisotopic (exact) mass is 1100 g/mol. The molecule has 4 aliphatic heterocycles. The molecule has 2 aromatic rings. The van der Waals surface area contributed by atoms with Gasteiger partial charge < -0.3 is 25.9 Å². The first-order valence-corrected chi connectivity index (χ1v) is 34.6. The first-order chi connectivity index (χ1) is 34.7. The number of hydrogen-bond donors (Lipinski definition) is 0. The molecule has 19 heteroatoms. The zero-order valence-electron chi connectivity index (χ0n) is 46.5. The van der Waals surface area contributed by atoms with E-state index in [0.717, 1.165) is 11.1 Å². The molecular formula is C56H85N3O12Si4. The molecule has 0 N–H and O–H groups in total. The minimum Gasteiger partial charge on any atom is -0.414 e. The summed E-state index contributed by atoms with van der Waals surface area (Å²) >= 11 is 0. The highest BCUT2D eigenvalue weighted by Crippen LogP contribution is 2.56. The zero-order chi connectivity index (χ0) is 54.5. The van der Waals surface area contributed by atoms with Gasteiger partial charge in [-0.05, 0) is 73.7 Å². The number of fused-ring (bicyclic) bond motifs is 4. The molecule has 6 atom stereocenters. The number of carbonyl (C=O) groups is 4. The van der Waals surface area contributed by atoms with Crippen LogP contribution in [0.5, 0.6) is 0 Å². The van der Waals surface area contributed by atoms with Gasteiger partial charge in [0.2, 0.25) is 11.8 Å². The van der Waals surface area contributed by atoms with Gasteiger partial charge in [0.1, 0.15) is 48.7 Å². The SMILES string of the molecule is C.CC(C)[Si]1(C(C)C)OC2C(=O)C=CC3(CC(=O)N3OCc3ccccc3)C2O[Si](C(C)C)(C(C)C)O1.[C-]#[N+]C1=CC(=O)C2O[Si](C(C)C)(C(C)C)O[Si](C(C)C)(C(C)C)OC2C12CC(=O)N2OCc1ccccc1. The highest BCUT2D eigenvalue weighted by Gasteiger charge is 2.73. The lowest BCUT2D eigenvalue weighted by Crippen LogP contribution is -2.75. The van der Waals surface area contributed by atoms with E-state index in [2.05, 4.69) is 116 Å². The van der Waals surface area contributed by atoms with Gasteiger partial charge in [-0.25, -0.2) is 15.0 Å². The van der Waals surface area contributed by atoms with Crippen molar-refractivity contribution in [2.24, 2.45) is 0 Å².